The van der Waals surface area contributed by atoms with Crippen molar-refractivity contribution in [2.24, 2.45) is 11.3 Å². The molecule has 174 valence electrons. The van der Waals surface area contributed by atoms with Crippen LogP contribution in [0.2, 0.25) is 5.02 Å². The summed E-state index contributed by atoms with van der Waals surface area (Å²) in [6.45, 7) is 8.64. The van der Waals surface area contributed by atoms with E-state index in [4.69, 9.17) is 16.7 Å². The summed E-state index contributed by atoms with van der Waals surface area (Å²) in [6, 6.07) is 7.06. The molecule has 9 heteroatoms. The van der Waals surface area contributed by atoms with E-state index in [0.29, 0.717) is 35.4 Å². The number of aliphatic carboxylic acids is 1. The number of carboxylic acid groups (broad SMARTS) is 1. The normalized spacial score (nSPS) is 22.2. The Kier molecular flexibility index (Phi) is 7.17. The number of benzene rings is 1. The lowest BCUT2D eigenvalue weighted by atomic mass is 9.66. The highest BCUT2D eigenvalue weighted by Crippen LogP contribution is 2.46. The van der Waals surface area contributed by atoms with E-state index in [1.54, 1.807) is 17.5 Å². The topological polar surface area (TPSA) is 103 Å². The van der Waals surface area contributed by atoms with Crippen molar-refractivity contribution in [3.8, 4) is 0 Å². The number of hydrogen-bond acceptors (Lipinski definition) is 6. The first-order valence-electron chi connectivity index (χ1n) is 10.6. The van der Waals surface area contributed by atoms with Crippen molar-refractivity contribution in [3.63, 3.8) is 0 Å². The van der Waals surface area contributed by atoms with Gasteiger partial charge in [-0.2, -0.15) is 0 Å². The van der Waals surface area contributed by atoms with E-state index >= 15 is 0 Å². The first kappa shape index (κ1) is 24.5. The predicted octanol–water partition coefficient (Wildman–Crippen LogP) is 4.01. The number of thiazole rings is 1. The third kappa shape index (κ3) is 5.08. The van der Waals surface area contributed by atoms with Crippen LogP contribution in [0.15, 0.2) is 29.6 Å². The smallest absolute Gasteiger partial charge is 0.309 e. The van der Waals surface area contributed by atoms with Gasteiger partial charge in [0.15, 0.2) is 5.13 Å². The Morgan fingerprint density at radius 1 is 1.28 bits per heavy atom. The first-order chi connectivity index (χ1) is 14.9. The number of aromatic nitrogens is 1. The summed E-state index contributed by atoms with van der Waals surface area (Å²) in [7, 11) is 0. The molecule has 1 aliphatic rings. The van der Waals surface area contributed by atoms with Crippen molar-refractivity contribution in [3.05, 3.63) is 45.9 Å². The Balaban J connectivity index is 1.65. The molecule has 1 aromatic heterocycles. The minimum absolute atomic E-state index is 0.0125. The van der Waals surface area contributed by atoms with E-state index < -0.39 is 17.0 Å². The molecule has 1 aliphatic heterocycles. The zero-order valence-corrected chi connectivity index (χ0v) is 20.3. The molecule has 1 aromatic carbocycles. The second-order valence-electron chi connectivity index (χ2n) is 9.20. The molecule has 7 nitrogen and oxygen atoms in total. The zero-order chi connectivity index (χ0) is 23.7. The summed E-state index contributed by atoms with van der Waals surface area (Å²) in [5, 5.41) is 26.6. The van der Waals surface area contributed by atoms with E-state index in [2.05, 4.69) is 10.3 Å². The lowest BCUT2D eigenvalue weighted by Gasteiger charge is -2.51. The molecule has 1 saturated heterocycles. The van der Waals surface area contributed by atoms with Crippen molar-refractivity contribution in [2.45, 2.75) is 52.2 Å². The van der Waals surface area contributed by atoms with Gasteiger partial charge < -0.3 is 20.4 Å². The molecule has 2 heterocycles. The summed E-state index contributed by atoms with van der Waals surface area (Å²) < 4.78 is 0. The standard InChI is InChI=1S/C23H30ClN3O4S/c1-14(15(2)25-21-26-18(12-32-21)11-19(28)29)20(30)27-10-9-23(31,22(3,4)13-27)16-5-7-17(24)8-6-16/h5-8,12,14-15,31H,9-11,13H2,1-4H3,(H,25,26)(H,28,29)/t14-,15?,23+/m1/s1. The number of carbonyl (C=O) groups excluding carboxylic acids is 1. The SMILES string of the molecule is CC(Nc1nc(CC(=O)O)cs1)[C@@H](C)C(=O)N1CC[C@](O)(c2ccc(Cl)cc2)C(C)(C)C1. The van der Waals surface area contributed by atoms with Crippen LogP contribution in [0.5, 0.6) is 0 Å². The second kappa shape index (κ2) is 9.37. The van der Waals surface area contributed by atoms with E-state index in [-0.39, 0.29) is 24.3 Å². The number of amides is 1. The molecule has 0 spiro atoms. The molecular weight excluding hydrogens is 450 g/mol. The number of hydrogen-bond donors (Lipinski definition) is 3. The van der Waals surface area contributed by atoms with Crippen LogP contribution in [0.25, 0.3) is 0 Å². The minimum Gasteiger partial charge on any atom is -0.481 e. The monoisotopic (exact) mass is 479 g/mol. The molecule has 3 atom stereocenters. The number of aliphatic hydroxyl groups is 1. The van der Waals surface area contributed by atoms with Gasteiger partial charge in [0.05, 0.1) is 23.6 Å². The lowest BCUT2D eigenvalue weighted by Crippen LogP contribution is -2.58. The van der Waals surface area contributed by atoms with E-state index in [1.165, 1.54) is 11.3 Å². The van der Waals surface area contributed by atoms with Crippen LogP contribution in [-0.4, -0.2) is 51.1 Å². The van der Waals surface area contributed by atoms with Gasteiger partial charge in [-0.25, -0.2) is 4.98 Å². The third-order valence-corrected chi connectivity index (χ3v) is 7.53. The zero-order valence-electron chi connectivity index (χ0n) is 18.8. The predicted molar refractivity (Wildman–Crippen MR) is 126 cm³/mol. The van der Waals surface area contributed by atoms with Crippen LogP contribution in [0, 0.1) is 11.3 Å². The molecule has 1 fully saturated rings. The maximum Gasteiger partial charge on any atom is 0.309 e. The van der Waals surface area contributed by atoms with E-state index in [0.717, 1.165) is 5.56 Å². The van der Waals surface area contributed by atoms with Gasteiger partial charge in [0.25, 0.3) is 0 Å². The Bertz CT molecular complexity index is 978. The molecule has 2 aromatic rings. The van der Waals surface area contributed by atoms with Gasteiger partial charge in [0.1, 0.15) is 0 Å². The summed E-state index contributed by atoms with van der Waals surface area (Å²) in [5.74, 6) is -1.23. The van der Waals surface area contributed by atoms with Crippen molar-refractivity contribution >= 4 is 39.9 Å². The van der Waals surface area contributed by atoms with E-state index in [1.807, 2.05) is 44.7 Å². The molecule has 32 heavy (non-hydrogen) atoms. The average Bonchev–Trinajstić information content (AvgIpc) is 3.15. The van der Waals surface area contributed by atoms with Crippen molar-refractivity contribution < 1.29 is 19.8 Å². The summed E-state index contributed by atoms with van der Waals surface area (Å²) in [4.78, 5) is 30.2. The largest absolute Gasteiger partial charge is 0.481 e. The highest BCUT2D eigenvalue weighted by atomic mass is 35.5. The number of piperidine rings is 1. The second-order valence-corrected chi connectivity index (χ2v) is 10.5. The molecule has 0 radical (unpaired) electrons. The number of carboxylic acids is 1. The number of anilines is 1. The maximum absolute atomic E-state index is 13.3. The molecule has 0 aliphatic carbocycles. The number of likely N-dealkylation sites (tertiary alicyclic amines) is 1. The fourth-order valence-corrected chi connectivity index (χ4v) is 5.14. The van der Waals surface area contributed by atoms with Gasteiger partial charge in [0.2, 0.25) is 5.91 Å². The summed E-state index contributed by atoms with van der Waals surface area (Å²) >= 11 is 7.34. The summed E-state index contributed by atoms with van der Waals surface area (Å²) in [5.41, 5.74) is -0.298. The Morgan fingerprint density at radius 2 is 1.94 bits per heavy atom. The number of rotatable bonds is 7. The minimum atomic E-state index is -1.05. The van der Waals surface area contributed by atoms with Gasteiger partial charge >= 0.3 is 5.97 Å². The molecular formula is C23H30ClN3O4S. The third-order valence-electron chi connectivity index (χ3n) is 6.46. The van der Waals surface area contributed by atoms with E-state index in [9.17, 15) is 14.7 Å². The molecule has 3 rings (SSSR count). The highest BCUT2D eigenvalue weighted by Gasteiger charge is 2.50. The Morgan fingerprint density at radius 3 is 2.53 bits per heavy atom. The Hall–Kier alpha value is -2.16. The quantitative estimate of drug-likeness (QED) is 0.554. The number of carbonyl (C=O) groups is 2. The summed E-state index contributed by atoms with van der Waals surface area (Å²) in [6.07, 6.45) is 0.313. The number of nitrogens with zero attached hydrogens (tertiary/aromatic N) is 2. The maximum atomic E-state index is 13.3. The van der Waals surface area contributed by atoms with Crippen molar-refractivity contribution in [1.29, 1.82) is 0 Å². The average molecular weight is 480 g/mol. The molecule has 1 unspecified atom stereocenters. The van der Waals surface area contributed by atoms with Gasteiger partial charge in [-0.1, -0.05) is 44.5 Å². The van der Waals surface area contributed by atoms with Gasteiger partial charge in [0, 0.05) is 34.9 Å². The highest BCUT2D eigenvalue weighted by molar-refractivity contribution is 7.13. The van der Waals surface area contributed by atoms with Crippen LogP contribution >= 0.6 is 22.9 Å². The van der Waals surface area contributed by atoms with Crippen LogP contribution in [-0.2, 0) is 21.6 Å². The van der Waals surface area contributed by atoms with Gasteiger partial charge in [-0.15, -0.1) is 11.3 Å². The fraction of sp³-hybridized carbons (Fsp3) is 0.522. The fourth-order valence-electron chi connectivity index (χ4n) is 4.20. The first-order valence-corrected chi connectivity index (χ1v) is 11.9. The molecule has 3 N–H and O–H groups in total. The van der Waals surface area contributed by atoms with Crippen LogP contribution < -0.4 is 5.32 Å². The number of nitrogens with one attached hydrogen (secondary N) is 1. The molecule has 0 saturated carbocycles. The Labute approximate surface area is 197 Å². The van der Waals surface area contributed by atoms with Crippen LogP contribution in [0.1, 0.15) is 45.4 Å². The van der Waals surface area contributed by atoms with Gasteiger partial charge in [-0.3, -0.25) is 9.59 Å². The lowest BCUT2D eigenvalue weighted by molar-refractivity contribution is -0.156. The number of halogens is 1. The van der Waals surface area contributed by atoms with Crippen molar-refractivity contribution in [1.82, 2.24) is 9.88 Å². The van der Waals surface area contributed by atoms with Gasteiger partial charge in [-0.05, 0) is 31.0 Å². The molecule has 1 amide bonds. The molecule has 0 bridgehead atoms. The van der Waals surface area contributed by atoms with Crippen LogP contribution in [0.4, 0.5) is 5.13 Å². The van der Waals surface area contributed by atoms with Crippen molar-refractivity contribution in [2.75, 3.05) is 18.4 Å². The van der Waals surface area contributed by atoms with Crippen LogP contribution in [0.3, 0.4) is 0 Å².